The number of methoxy groups -OCH3 is 3. The molecule has 0 unspecified atom stereocenters. The van der Waals surface area contributed by atoms with E-state index < -0.39 is 0 Å². The summed E-state index contributed by atoms with van der Waals surface area (Å²) in [7, 11) is 4.83. The van der Waals surface area contributed by atoms with E-state index in [1.807, 2.05) is 19.1 Å². The molecule has 0 aromatic heterocycles. The minimum absolute atomic E-state index is 0. The lowest BCUT2D eigenvalue weighted by molar-refractivity contribution is 0.188. The molecule has 2 N–H and O–H groups in total. The van der Waals surface area contributed by atoms with Gasteiger partial charge in [-0.25, -0.2) is 4.99 Å². The van der Waals surface area contributed by atoms with E-state index in [1.165, 1.54) is 0 Å². The Balaban J connectivity index is 0.00000312. The number of hydrogen-bond acceptors (Lipinski definition) is 5. The first kappa shape index (κ1) is 21.6. The molecule has 0 spiro atoms. The second kappa shape index (κ2) is 10.5. The summed E-state index contributed by atoms with van der Waals surface area (Å²) in [6, 6.07) is 3.64. The number of likely N-dealkylation sites (tertiary alicyclic amines) is 1. The van der Waals surface area contributed by atoms with E-state index in [-0.39, 0.29) is 30.1 Å². The van der Waals surface area contributed by atoms with Gasteiger partial charge in [-0.15, -0.1) is 24.0 Å². The maximum Gasteiger partial charge on any atom is 0.194 e. The Kier molecular flexibility index (Phi) is 9.12. The lowest BCUT2D eigenvalue weighted by atomic mass is 10.1. The van der Waals surface area contributed by atoms with Crippen molar-refractivity contribution in [3.8, 4) is 17.2 Å². The van der Waals surface area contributed by atoms with Crippen molar-refractivity contribution >= 4 is 29.9 Å². The van der Waals surface area contributed by atoms with E-state index in [9.17, 15) is 5.11 Å². The number of nitrogens with one attached hydrogen (secondary N) is 1. The molecule has 1 aromatic rings. The molecule has 0 amide bonds. The molecule has 2 rings (SSSR count). The van der Waals surface area contributed by atoms with E-state index in [4.69, 9.17) is 19.2 Å². The first-order valence-corrected chi connectivity index (χ1v) is 8.13. The molecule has 0 aliphatic carbocycles. The highest BCUT2D eigenvalue weighted by Crippen LogP contribution is 2.34. The third-order valence-corrected chi connectivity index (χ3v) is 4.00. The Hall–Kier alpha value is -1.42. The Bertz CT molecular complexity index is 558. The summed E-state index contributed by atoms with van der Waals surface area (Å²) >= 11 is 0. The van der Waals surface area contributed by atoms with Gasteiger partial charge in [-0.05, 0) is 13.3 Å². The summed E-state index contributed by atoms with van der Waals surface area (Å²) in [5.74, 6) is 2.81. The standard InChI is InChI=1S/C17H27N3O4.HI/c1-5-18-17(20-7-6-12(21)11-20)19-10-14-15(23-3)8-13(22-2)9-16(14)24-4;/h8-9,12,21H,5-7,10-11H2,1-4H3,(H,18,19);1H/t12-;/m1./s1. The van der Waals surface area contributed by atoms with Gasteiger partial charge in [0.25, 0.3) is 0 Å². The van der Waals surface area contributed by atoms with Gasteiger partial charge in [0.2, 0.25) is 0 Å². The highest BCUT2D eigenvalue weighted by atomic mass is 127. The van der Waals surface area contributed by atoms with Gasteiger partial charge in [-0.1, -0.05) is 0 Å². The highest BCUT2D eigenvalue weighted by Gasteiger charge is 2.23. The van der Waals surface area contributed by atoms with Gasteiger partial charge in [-0.2, -0.15) is 0 Å². The Labute approximate surface area is 166 Å². The normalized spacial score (nSPS) is 17.1. The van der Waals surface area contributed by atoms with Crippen LogP contribution in [0.4, 0.5) is 0 Å². The van der Waals surface area contributed by atoms with E-state index in [1.54, 1.807) is 21.3 Å². The molecule has 142 valence electrons. The molecule has 1 heterocycles. The summed E-state index contributed by atoms with van der Waals surface area (Å²) < 4.78 is 16.2. The zero-order valence-electron chi connectivity index (χ0n) is 15.2. The molecule has 8 heteroatoms. The Morgan fingerprint density at radius 2 is 1.88 bits per heavy atom. The summed E-state index contributed by atoms with van der Waals surface area (Å²) in [5, 5.41) is 13.0. The van der Waals surface area contributed by atoms with Crippen molar-refractivity contribution in [2.75, 3.05) is 41.0 Å². The molecule has 1 atom stereocenters. The number of nitrogens with zero attached hydrogens (tertiary/aromatic N) is 2. The SMILES string of the molecule is CCNC(=NCc1c(OC)cc(OC)cc1OC)N1CC[C@@H](O)C1.I. The lowest BCUT2D eigenvalue weighted by Crippen LogP contribution is -2.40. The molecule has 1 aliphatic heterocycles. The van der Waals surface area contributed by atoms with Gasteiger partial charge in [0.05, 0.1) is 39.5 Å². The summed E-state index contributed by atoms with van der Waals surface area (Å²) in [4.78, 5) is 6.76. The van der Waals surface area contributed by atoms with E-state index in [0.29, 0.717) is 30.3 Å². The van der Waals surface area contributed by atoms with Crippen LogP contribution >= 0.6 is 24.0 Å². The fourth-order valence-electron chi connectivity index (χ4n) is 2.75. The first-order valence-electron chi connectivity index (χ1n) is 8.13. The van der Waals surface area contributed by atoms with E-state index in [2.05, 4.69) is 10.2 Å². The van der Waals surface area contributed by atoms with Gasteiger partial charge >= 0.3 is 0 Å². The van der Waals surface area contributed by atoms with Crippen LogP contribution in [0.25, 0.3) is 0 Å². The van der Waals surface area contributed by atoms with Crippen LogP contribution in [0.1, 0.15) is 18.9 Å². The number of rotatable bonds is 6. The maximum absolute atomic E-state index is 9.75. The number of guanidine groups is 1. The maximum atomic E-state index is 9.75. The Morgan fingerprint density at radius 3 is 2.32 bits per heavy atom. The first-order chi connectivity index (χ1) is 11.6. The molecule has 25 heavy (non-hydrogen) atoms. The largest absolute Gasteiger partial charge is 0.496 e. The van der Waals surface area contributed by atoms with Gasteiger partial charge in [0, 0.05) is 31.8 Å². The molecule has 1 saturated heterocycles. The average Bonchev–Trinajstić information content (AvgIpc) is 3.04. The number of β-amino-alcohol motifs (C(OH)–C–C–N with tert-alkyl or cyclic N) is 1. The number of halogens is 1. The number of aliphatic hydroxyl groups is 1. The molecule has 1 aliphatic rings. The number of aliphatic hydroxyl groups excluding tert-OH is 1. The van der Waals surface area contributed by atoms with Crippen LogP contribution in [0.5, 0.6) is 17.2 Å². The molecule has 7 nitrogen and oxygen atoms in total. The van der Waals surface area contributed by atoms with Crippen molar-refractivity contribution in [1.29, 1.82) is 0 Å². The van der Waals surface area contributed by atoms with Crippen LogP contribution in [-0.4, -0.2) is 63.0 Å². The number of hydrogen-bond donors (Lipinski definition) is 2. The topological polar surface area (TPSA) is 75.6 Å². The third kappa shape index (κ3) is 5.53. The second-order valence-electron chi connectivity index (χ2n) is 5.57. The number of aliphatic imine (C=N–C) groups is 1. The van der Waals surface area contributed by atoms with Crippen LogP contribution in [0, 0.1) is 0 Å². The summed E-state index contributed by atoms with van der Waals surface area (Å²) in [5.41, 5.74) is 0.857. The van der Waals surface area contributed by atoms with Crippen molar-refractivity contribution in [3.63, 3.8) is 0 Å². The van der Waals surface area contributed by atoms with Crippen LogP contribution < -0.4 is 19.5 Å². The van der Waals surface area contributed by atoms with Crippen molar-refractivity contribution in [1.82, 2.24) is 10.2 Å². The molecule has 0 saturated carbocycles. The number of benzene rings is 1. The summed E-state index contributed by atoms with van der Waals surface area (Å²) in [6.07, 6.45) is 0.471. The minimum atomic E-state index is -0.293. The van der Waals surface area contributed by atoms with Crippen molar-refractivity contribution in [2.24, 2.45) is 4.99 Å². The quantitative estimate of drug-likeness (QED) is 0.380. The second-order valence-corrected chi connectivity index (χ2v) is 5.57. The smallest absolute Gasteiger partial charge is 0.194 e. The molecular formula is C17H28IN3O4. The minimum Gasteiger partial charge on any atom is -0.496 e. The van der Waals surface area contributed by atoms with Crippen molar-refractivity contribution in [3.05, 3.63) is 17.7 Å². The third-order valence-electron chi connectivity index (χ3n) is 4.00. The highest BCUT2D eigenvalue weighted by molar-refractivity contribution is 14.0. The molecule has 1 fully saturated rings. The fourth-order valence-corrected chi connectivity index (χ4v) is 2.75. The van der Waals surface area contributed by atoms with E-state index >= 15 is 0 Å². The Morgan fingerprint density at radius 1 is 1.24 bits per heavy atom. The van der Waals surface area contributed by atoms with Crippen molar-refractivity contribution < 1.29 is 19.3 Å². The van der Waals surface area contributed by atoms with Crippen molar-refractivity contribution in [2.45, 2.75) is 26.0 Å². The fraction of sp³-hybridized carbons (Fsp3) is 0.588. The zero-order chi connectivity index (χ0) is 17.5. The van der Waals surface area contributed by atoms with Crippen LogP contribution in [0.2, 0.25) is 0 Å². The monoisotopic (exact) mass is 465 g/mol. The molecular weight excluding hydrogens is 437 g/mol. The van der Waals surface area contributed by atoms with Gasteiger partial charge in [0.1, 0.15) is 17.2 Å². The van der Waals surface area contributed by atoms with Gasteiger partial charge in [0.15, 0.2) is 5.96 Å². The average molecular weight is 465 g/mol. The summed E-state index contributed by atoms with van der Waals surface area (Å²) in [6.45, 7) is 4.59. The predicted molar refractivity (Wildman–Crippen MR) is 109 cm³/mol. The molecule has 0 bridgehead atoms. The van der Waals surface area contributed by atoms with E-state index in [0.717, 1.165) is 31.0 Å². The molecule has 1 aromatic carbocycles. The lowest BCUT2D eigenvalue weighted by Gasteiger charge is -2.21. The van der Waals surface area contributed by atoms with Crippen LogP contribution in [0.3, 0.4) is 0 Å². The predicted octanol–water partition coefficient (Wildman–Crippen LogP) is 1.86. The van der Waals surface area contributed by atoms with Gasteiger partial charge < -0.3 is 29.5 Å². The zero-order valence-corrected chi connectivity index (χ0v) is 17.6. The number of ether oxygens (including phenoxy) is 3. The van der Waals surface area contributed by atoms with Crippen LogP contribution in [0.15, 0.2) is 17.1 Å². The van der Waals surface area contributed by atoms with Crippen LogP contribution in [-0.2, 0) is 6.54 Å². The van der Waals surface area contributed by atoms with Gasteiger partial charge in [-0.3, -0.25) is 0 Å². The molecule has 0 radical (unpaired) electrons.